The van der Waals surface area contributed by atoms with Gasteiger partial charge in [-0.05, 0) is 38.0 Å². The van der Waals surface area contributed by atoms with E-state index in [0.717, 1.165) is 0 Å². The van der Waals surface area contributed by atoms with Crippen LogP contribution in [-0.2, 0) is 9.53 Å². The van der Waals surface area contributed by atoms with Gasteiger partial charge >= 0.3 is 5.97 Å². The molecule has 4 atom stereocenters. The first-order valence-electron chi connectivity index (χ1n) is 6.80. The van der Waals surface area contributed by atoms with Gasteiger partial charge in [-0.2, -0.15) is 0 Å². The monoisotopic (exact) mass is 311 g/mol. The van der Waals surface area contributed by atoms with Gasteiger partial charge in [-0.1, -0.05) is 18.5 Å². The lowest BCUT2D eigenvalue weighted by Gasteiger charge is -2.18. The lowest BCUT2D eigenvalue weighted by Crippen LogP contribution is -2.32. The molecule has 1 fully saturated rings. The van der Waals surface area contributed by atoms with Crippen LogP contribution in [0.4, 0.5) is 5.69 Å². The highest BCUT2D eigenvalue weighted by Crippen LogP contribution is 2.33. The third-order valence-corrected chi connectivity index (χ3v) is 4.18. The van der Waals surface area contributed by atoms with Crippen molar-refractivity contribution in [1.29, 1.82) is 0 Å². The molecule has 114 valence electrons. The third-order valence-electron chi connectivity index (χ3n) is 3.96. The van der Waals surface area contributed by atoms with Gasteiger partial charge in [0.2, 0.25) is 5.91 Å². The summed E-state index contributed by atoms with van der Waals surface area (Å²) in [6.45, 7) is 5.78. The van der Waals surface area contributed by atoms with Crippen molar-refractivity contribution in [3.8, 4) is 0 Å². The van der Waals surface area contributed by atoms with E-state index in [1.54, 1.807) is 0 Å². The normalized spacial score (nSPS) is 28.4. The summed E-state index contributed by atoms with van der Waals surface area (Å²) in [6.07, 6.45) is -0.155. The van der Waals surface area contributed by atoms with Crippen molar-refractivity contribution >= 4 is 29.2 Å². The molecule has 1 saturated heterocycles. The van der Waals surface area contributed by atoms with Crippen LogP contribution in [0.25, 0.3) is 0 Å². The smallest absolute Gasteiger partial charge is 0.335 e. The number of aromatic carboxylic acids is 1. The summed E-state index contributed by atoms with van der Waals surface area (Å²) in [5.74, 6) is -1.45. The second kappa shape index (κ2) is 6.03. The number of hydrogen-bond donors (Lipinski definition) is 2. The Kier molecular flexibility index (Phi) is 4.54. The highest BCUT2D eigenvalue weighted by atomic mass is 35.5. The Hall–Kier alpha value is -1.59. The number of amides is 1. The van der Waals surface area contributed by atoms with Crippen LogP contribution in [0, 0.1) is 11.8 Å². The maximum absolute atomic E-state index is 12.4. The number of halogens is 1. The summed E-state index contributed by atoms with van der Waals surface area (Å²) in [6, 6.07) is 4.26. The fraction of sp³-hybridized carbons (Fsp3) is 0.467. The minimum Gasteiger partial charge on any atom is -0.478 e. The molecule has 5 nitrogen and oxygen atoms in total. The summed E-state index contributed by atoms with van der Waals surface area (Å²) in [5, 5.41) is 12.0. The molecule has 0 aliphatic carbocycles. The van der Waals surface area contributed by atoms with Crippen molar-refractivity contribution < 1.29 is 19.4 Å². The minimum absolute atomic E-state index is 0.0182. The van der Waals surface area contributed by atoms with E-state index in [4.69, 9.17) is 21.4 Å². The van der Waals surface area contributed by atoms with Crippen molar-refractivity contribution in [2.45, 2.75) is 33.0 Å². The number of carboxylic acids is 1. The quantitative estimate of drug-likeness (QED) is 0.899. The Labute approximate surface area is 128 Å². The SMILES string of the molecule is CC1OC(C)C(C(=O)Nc2cc(Cl)cc(C(=O)O)c2)C1C. The summed E-state index contributed by atoms with van der Waals surface area (Å²) in [4.78, 5) is 23.4. The Morgan fingerprint density at radius 2 is 1.86 bits per heavy atom. The fourth-order valence-electron chi connectivity index (χ4n) is 2.73. The number of hydrogen-bond acceptors (Lipinski definition) is 3. The highest BCUT2D eigenvalue weighted by Gasteiger charge is 2.41. The van der Waals surface area contributed by atoms with E-state index < -0.39 is 5.97 Å². The molecular weight excluding hydrogens is 294 g/mol. The number of ether oxygens (including phenoxy) is 1. The van der Waals surface area contributed by atoms with Gasteiger partial charge in [-0.25, -0.2) is 4.79 Å². The van der Waals surface area contributed by atoms with Crippen LogP contribution < -0.4 is 5.32 Å². The van der Waals surface area contributed by atoms with Gasteiger partial charge in [0, 0.05) is 10.7 Å². The lowest BCUT2D eigenvalue weighted by atomic mass is 9.89. The minimum atomic E-state index is -1.09. The molecule has 0 saturated carbocycles. The van der Waals surface area contributed by atoms with Gasteiger partial charge in [0.25, 0.3) is 0 Å². The van der Waals surface area contributed by atoms with E-state index in [9.17, 15) is 9.59 Å². The molecule has 1 aliphatic heterocycles. The largest absolute Gasteiger partial charge is 0.478 e. The first-order valence-corrected chi connectivity index (χ1v) is 7.17. The van der Waals surface area contributed by atoms with E-state index in [1.807, 2.05) is 20.8 Å². The maximum atomic E-state index is 12.4. The maximum Gasteiger partial charge on any atom is 0.335 e. The first kappa shape index (κ1) is 15.8. The average Bonchev–Trinajstić information content (AvgIpc) is 2.62. The third kappa shape index (κ3) is 3.36. The molecule has 0 aromatic heterocycles. The van der Waals surface area contributed by atoms with E-state index >= 15 is 0 Å². The van der Waals surface area contributed by atoms with Crippen LogP contribution in [0.2, 0.25) is 5.02 Å². The number of carbonyl (C=O) groups is 2. The molecule has 1 heterocycles. The molecule has 2 rings (SSSR count). The van der Waals surface area contributed by atoms with Crippen molar-refractivity contribution in [2.24, 2.45) is 11.8 Å². The lowest BCUT2D eigenvalue weighted by molar-refractivity contribution is -0.121. The second-order valence-electron chi connectivity index (χ2n) is 5.45. The van der Waals surface area contributed by atoms with Crippen LogP contribution in [0.5, 0.6) is 0 Å². The molecule has 1 aliphatic rings. The molecule has 1 aromatic rings. The van der Waals surface area contributed by atoms with Gasteiger partial charge in [0.15, 0.2) is 0 Å². The van der Waals surface area contributed by atoms with Crippen LogP contribution in [0.15, 0.2) is 18.2 Å². The number of carbonyl (C=O) groups excluding carboxylic acids is 1. The predicted molar refractivity (Wildman–Crippen MR) is 79.7 cm³/mol. The zero-order valence-corrected chi connectivity index (χ0v) is 12.8. The van der Waals surface area contributed by atoms with Crippen LogP contribution in [-0.4, -0.2) is 29.2 Å². The summed E-state index contributed by atoms with van der Waals surface area (Å²) < 4.78 is 5.65. The van der Waals surface area contributed by atoms with Crippen molar-refractivity contribution in [3.05, 3.63) is 28.8 Å². The summed E-state index contributed by atoms with van der Waals surface area (Å²) >= 11 is 5.88. The van der Waals surface area contributed by atoms with E-state index in [-0.39, 0.29) is 40.5 Å². The van der Waals surface area contributed by atoms with Crippen LogP contribution in [0.1, 0.15) is 31.1 Å². The van der Waals surface area contributed by atoms with E-state index in [1.165, 1.54) is 18.2 Å². The van der Waals surface area contributed by atoms with Gasteiger partial charge in [0.05, 0.1) is 23.7 Å². The molecule has 21 heavy (non-hydrogen) atoms. The Morgan fingerprint density at radius 3 is 2.38 bits per heavy atom. The first-order chi connectivity index (χ1) is 9.79. The number of nitrogens with one attached hydrogen (secondary N) is 1. The Morgan fingerprint density at radius 1 is 1.19 bits per heavy atom. The standard InChI is InChI=1S/C15H18ClNO4/c1-7-8(2)21-9(3)13(7)14(18)17-12-5-10(15(19)20)4-11(16)6-12/h4-9,13H,1-3H3,(H,17,18)(H,19,20). The predicted octanol–water partition coefficient (Wildman–Crippen LogP) is 3.04. The average molecular weight is 312 g/mol. The zero-order valence-electron chi connectivity index (χ0n) is 12.1. The molecule has 6 heteroatoms. The van der Waals surface area contributed by atoms with E-state index in [0.29, 0.717) is 5.69 Å². The molecular formula is C15H18ClNO4. The van der Waals surface area contributed by atoms with Crippen LogP contribution in [0.3, 0.4) is 0 Å². The molecule has 0 spiro atoms. The van der Waals surface area contributed by atoms with Gasteiger partial charge in [-0.3, -0.25) is 4.79 Å². The summed E-state index contributed by atoms with van der Waals surface area (Å²) in [7, 11) is 0. The van der Waals surface area contributed by atoms with Crippen molar-refractivity contribution in [2.75, 3.05) is 5.32 Å². The molecule has 0 radical (unpaired) electrons. The second-order valence-corrected chi connectivity index (χ2v) is 5.89. The van der Waals surface area contributed by atoms with Gasteiger partial charge in [-0.15, -0.1) is 0 Å². The molecule has 1 aromatic carbocycles. The molecule has 4 unspecified atom stereocenters. The Balaban J connectivity index is 2.18. The van der Waals surface area contributed by atoms with Crippen molar-refractivity contribution in [3.63, 3.8) is 0 Å². The number of carboxylic acid groups (broad SMARTS) is 1. The highest BCUT2D eigenvalue weighted by molar-refractivity contribution is 6.31. The number of rotatable bonds is 3. The van der Waals surface area contributed by atoms with Gasteiger partial charge in [0.1, 0.15) is 0 Å². The number of anilines is 1. The topological polar surface area (TPSA) is 75.6 Å². The zero-order chi connectivity index (χ0) is 15.7. The van der Waals surface area contributed by atoms with Crippen molar-refractivity contribution in [1.82, 2.24) is 0 Å². The number of benzene rings is 1. The molecule has 2 N–H and O–H groups in total. The van der Waals surface area contributed by atoms with Gasteiger partial charge < -0.3 is 15.2 Å². The Bertz CT molecular complexity index is 575. The van der Waals surface area contributed by atoms with Crippen LogP contribution >= 0.6 is 11.6 Å². The molecule has 1 amide bonds. The van der Waals surface area contributed by atoms with E-state index in [2.05, 4.69) is 5.32 Å². The fourth-order valence-corrected chi connectivity index (χ4v) is 2.96. The summed E-state index contributed by atoms with van der Waals surface area (Å²) in [5.41, 5.74) is 0.416. The molecule has 0 bridgehead atoms.